The van der Waals surface area contributed by atoms with Crippen molar-refractivity contribution in [2.45, 2.75) is 37.4 Å². The third kappa shape index (κ3) is 1.97. The maximum absolute atomic E-state index is 2.89. The van der Waals surface area contributed by atoms with Gasteiger partial charge in [0.1, 0.15) is 0 Å². The Labute approximate surface area is 140 Å². The van der Waals surface area contributed by atoms with Gasteiger partial charge in [0, 0.05) is 41.0 Å². The molecule has 0 saturated carbocycles. The number of nitrogens with zero attached hydrogens (tertiary/aromatic N) is 2. The smallest absolute Gasteiger partial charge is 0.0451 e. The van der Waals surface area contributed by atoms with E-state index in [2.05, 4.69) is 44.8 Å². The van der Waals surface area contributed by atoms with Crippen molar-refractivity contribution in [3.8, 4) is 0 Å². The van der Waals surface area contributed by atoms with Crippen LogP contribution in [0.5, 0.6) is 0 Å². The van der Waals surface area contributed by atoms with E-state index in [4.69, 9.17) is 0 Å². The molecule has 5 rings (SSSR count). The van der Waals surface area contributed by atoms with Crippen LogP contribution in [0.15, 0.2) is 35.0 Å². The summed E-state index contributed by atoms with van der Waals surface area (Å²) < 4.78 is 0. The molecule has 3 atom stereocenters. The Bertz CT molecular complexity index is 636. The Balaban J connectivity index is 1.39. The fraction of sp³-hybridized carbons (Fsp3) is 0.556. The highest BCUT2D eigenvalue weighted by Crippen LogP contribution is 2.56. The second-order valence-electron chi connectivity index (χ2n) is 7.11. The van der Waals surface area contributed by atoms with E-state index in [-0.39, 0.29) is 0 Å². The lowest BCUT2D eigenvalue weighted by Gasteiger charge is -2.34. The van der Waals surface area contributed by atoms with Gasteiger partial charge >= 0.3 is 0 Å². The third-order valence-electron chi connectivity index (χ3n) is 6.03. The minimum absolute atomic E-state index is 0.492. The first-order chi connectivity index (χ1) is 10.9. The Morgan fingerprint density at radius 3 is 2.91 bits per heavy atom. The minimum atomic E-state index is 0.492. The van der Waals surface area contributed by atoms with Gasteiger partial charge in [0.15, 0.2) is 0 Å². The molecule has 3 fully saturated rings. The fourth-order valence-electron chi connectivity index (χ4n) is 5.24. The number of hydrogen-bond acceptors (Lipinski definition) is 4. The van der Waals surface area contributed by atoms with E-state index in [1.54, 1.807) is 4.88 Å². The van der Waals surface area contributed by atoms with Crippen LogP contribution in [0.4, 0.5) is 0 Å². The van der Waals surface area contributed by atoms with Gasteiger partial charge in [-0.15, -0.1) is 22.7 Å². The summed E-state index contributed by atoms with van der Waals surface area (Å²) in [5.41, 5.74) is 0.492. The average Bonchev–Trinajstić information content (AvgIpc) is 3.25. The van der Waals surface area contributed by atoms with E-state index in [1.165, 1.54) is 43.8 Å². The molecule has 0 bridgehead atoms. The molecule has 0 radical (unpaired) electrons. The molecule has 0 aromatic carbocycles. The lowest BCUT2D eigenvalue weighted by molar-refractivity contribution is 0.133. The monoisotopic (exact) mass is 330 g/mol. The van der Waals surface area contributed by atoms with Gasteiger partial charge in [0.05, 0.1) is 0 Å². The lowest BCUT2D eigenvalue weighted by Crippen LogP contribution is -2.45. The molecule has 0 unspecified atom stereocenters. The molecule has 3 saturated heterocycles. The predicted octanol–water partition coefficient (Wildman–Crippen LogP) is 4.22. The molecule has 5 heterocycles. The van der Waals surface area contributed by atoms with E-state index in [1.807, 2.05) is 22.7 Å². The van der Waals surface area contributed by atoms with Gasteiger partial charge in [0.25, 0.3) is 0 Å². The van der Waals surface area contributed by atoms with Crippen molar-refractivity contribution in [2.24, 2.45) is 5.92 Å². The predicted molar refractivity (Wildman–Crippen MR) is 93.4 cm³/mol. The van der Waals surface area contributed by atoms with E-state index >= 15 is 0 Å². The van der Waals surface area contributed by atoms with Crippen molar-refractivity contribution >= 4 is 22.7 Å². The van der Waals surface area contributed by atoms with E-state index in [0.29, 0.717) is 11.6 Å². The number of likely N-dealkylation sites (tertiary alicyclic amines) is 1. The van der Waals surface area contributed by atoms with E-state index < -0.39 is 0 Å². The highest BCUT2D eigenvalue weighted by atomic mass is 32.1. The van der Waals surface area contributed by atoms with Crippen LogP contribution in [-0.2, 0) is 6.54 Å². The summed E-state index contributed by atoms with van der Waals surface area (Å²) in [4.78, 5) is 8.73. The Morgan fingerprint density at radius 2 is 2.09 bits per heavy atom. The van der Waals surface area contributed by atoms with Crippen molar-refractivity contribution in [2.75, 3.05) is 19.6 Å². The molecular weight excluding hydrogens is 308 g/mol. The molecule has 2 aromatic rings. The van der Waals surface area contributed by atoms with Crippen molar-refractivity contribution in [3.05, 3.63) is 44.8 Å². The second-order valence-corrected chi connectivity index (χ2v) is 9.12. The van der Waals surface area contributed by atoms with Crippen LogP contribution in [-0.4, -0.2) is 35.0 Å². The van der Waals surface area contributed by atoms with Crippen LogP contribution in [0.1, 0.15) is 35.1 Å². The molecule has 2 aromatic heterocycles. The van der Waals surface area contributed by atoms with Gasteiger partial charge in [-0.05, 0) is 54.6 Å². The van der Waals surface area contributed by atoms with Crippen LogP contribution in [0.2, 0.25) is 0 Å². The van der Waals surface area contributed by atoms with E-state index in [0.717, 1.165) is 12.5 Å². The highest BCUT2D eigenvalue weighted by Gasteiger charge is 2.59. The second kappa shape index (κ2) is 5.17. The largest absolute Gasteiger partial charge is 0.296 e. The SMILES string of the molecule is c1csc(CN2C[C@@H]3C[C@H](c4cccs4)N4CCC[C@]34C2)c1. The van der Waals surface area contributed by atoms with Gasteiger partial charge in [-0.3, -0.25) is 9.80 Å². The molecule has 2 nitrogen and oxygen atoms in total. The normalized spacial score (nSPS) is 35.1. The molecule has 22 heavy (non-hydrogen) atoms. The maximum atomic E-state index is 2.89. The molecule has 3 aliphatic heterocycles. The van der Waals surface area contributed by atoms with Crippen molar-refractivity contribution < 1.29 is 0 Å². The van der Waals surface area contributed by atoms with Gasteiger partial charge in [-0.1, -0.05) is 12.1 Å². The van der Waals surface area contributed by atoms with Crippen LogP contribution in [0.3, 0.4) is 0 Å². The van der Waals surface area contributed by atoms with Gasteiger partial charge in [-0.25, -0.2) is 0 Å². The lowest BCUT2D eigenvalue weighted by atomic mass is 9.86. The number of hydrogen-bond donors (Lipinski definition) is 0. The first kappa shape index (κ1) is 13.7. The van der Waals surface area contributed by atoms with Crippen molar-refractivity contribution in [1.29, 1.82) is 0 Å². The third-order valence-corrected chi connectivity index (χ3v) is 7.87. The van der Waals surface area contributed by atoms with Crippen LogP contribution in [0.25, 0.3) is 0 Å². The highest BCUT2D eigenvalue weighted by molar-refractivity contribution is 7.10. The van der Waals surface area contributed by atoms with Crippen LogP contribution < -0.4 is 0 Å². The summed E-state index contributed by atoms with van der Waals surface area (Å²) in [6, 6.07) is 9.75. The quantitative estimate of drug-likeness (QED) is 0.831. The Hall–Kier alpha value is -0.680. The van der Waals surface area contributed by atoms with Crippen LogP contribution >= 0.6 is 22.7 Å². The van der Waals surface area contributed by atoms with Gasteiger partial charge < -0.3 is 0 Å². The molecule has 116 valence electrons. The molecule has 1 spiro atoms. The first-order valence-corrected chi connectivity index (χ1v) is 10.2. The van der Waals surface area contributed by atoms with Gasteiger partial charge in [0.2, 0.25) is 0 Å². The number of thiophene rings is 2. The molecule has 4 heteroatoms. The maximum Gasteiger partial charge on any atom is 0.0451 e. The summed E-state index contributed by atoms with van der Waals surface area (Å²) in [5.74, 6) is 0.877. The molecular formula is C18H22N2S2. The summed E-state index contributed by atoms with van der Waals surface area (Å²) in [7, 11) is 0. The van der Waals surface area contributed by atoms with Gasteiger partial charge in [-0.2, -0.15) is 0 Å². The topological polar surface area (TPSA) is 6.48 Å². The van der Waals surface area contributed by atoms with Crippen molar-refractivity contribution in [1.82, 2.24) is 9.80 Å². The Kier molecular flexibility index (Phi) is 3.22. The average molecular weight is 331 g/mol. The molecule has 0 N–H and O–H groups in total. The fourth-order valence-corrected chi connectivity index (χ4v) is 6.84. The summed E-state index contributed by atoms with van der Waals surface area (Å²) in [6.45, 7) is 5.06. The van der Waals surface area contributed by atoms with Crippen LogP contribution in [0, 0.1) is 5.92 Å². The minimum Gasteiger partial charge on any atom is -0.296 e. The zero-order valence-electron chi connectivity index (χ0n) is 12.8. The summed E-state index contributed by atoms with van der Waals surface area (Å²) in [5, 5.41) is 4.45. The van der Waals surface area contributed by atoms with Crippen molar-refractivity contribution in [3.63, 3.8) is 0 Å². The zero-order valence-corrected chi connectivity index (χ0v) is 14.4. The summed E-state index contributed by atoms with van der Waals surface area (Å²) >= 11 is 3.86. The molecule has 3 aliphatic rings. The number of rotatable bonds is 3. The van der Waals surface area contributed by atoms with E-state index in [9.17, 15) is 0 Å². The zero-order chi connectivity index (χ0) is 14.6. The molecule has 0 amide bonds. The summed E-state index contributed by atoms with van der Waals surface area (Å²) in [6.07, 6.45) is 4.19. The Morgan fingerprint density at radius 1 is 1.18 bits per heavy atom. The first-order valence-electron chi connectivity index (χ1n) is 8.40. The standard InChI is InChI=1S/C18H22N2S2/c1-4-15(21-8-1)12-19-11-14-10-16(17-5-2-9-22-17)20-7-3-6-18(14,20)13-19/h1-2,4-5,8-9,14,16H,3,6-7,10-13H2/t14-,16+,18-/m0/s1. The molecule has 0 aliphatic carbocycles.